The van der Waals surface area contributed by atoms with Crippen molar-refractivity contribution < 1.29 is 19.3 Å². The summed E-state index contributed by atoms with van der Waals surface area (Å²) < 4.78 is 18.1. The Bertz CT molecular complexity index is 703. The van der Waals surface area contributed by atoms with Gasteiger partial charge in [-0.25, -0.2) is 0 Å². The minimum absolute atomic E-state index is 0.166. The van der Waals surface area contributed by atoms with Crippen molar-refractivity contribution in [1.29, 1.82) is 0 Å². The highest BCUT2D eigenvalue weighted by Gasteiger charge is 2.17. The molecule has 0 amide bonds. The molecule has 1 aliphatic heterocycles. The van der Waals surface area contributed by atoms with Crippen LogP contribution in [0, 0.1) is 6.92 Å². The van der Waals surface area contributed by atoms with Gasteiger partial charge in [-0.15, -0.1) is 0 Å². The van der Waals surface area contributed by atoms with E-state index in [-0.39, 0.29) is 25.5 Å². The molecule has 0 radical (unpaired) electrons. The Kier molecular flexibility index (Phi) is 5.45. The summed E-state index contributed by atoms with van der Waals surface area (Å²) in [7, 11) is 0. The molecule has 0 spiro atoms. The zero-order valence-corrected chi connectivity index (χ0v) is 14.8. The first-order chi connectivity index (χ1) is 12.0. The molecule has 25 heavy (non-hydrogen) atoms. The lowest BCUT2D eigenvalue weighted by molar-refractivity contribution is 0.102. The third kappa shape index (κ3) is 4.43. The number of nitrogens with one attached hydrogen (secondary N) is 1. The minimum atomic E-state index is -0.612. The van der Waals surface area contributed by atoms with E-state index in [0.29, 0.717) is 23.8 Å². The summed E-state index contributed by atoms with van der Waals surface area (Å²) in [6, 6.07) is 5.74. The second-order valence-electron chi connectivity index (χ2n) is 6.42. The van der Waals surface area contributed by atoms with E-state index in [0.717, 1.165) is 5.56 Å². The maximum Gasteiger partial charge on any atom is 0.231 e. The number of rotatable bonds is 8. The first-order valence-electron chi connectivity index (χ1n) is 8.47. The van der Waals surface area contributed by atoms with E-state index < -0.39 is 6.10 Å². The van der Waals surface area contributed by atoms with Gasteiger partial charge in [0.2, 0.25) is 6.79 Å². The van der Waals surface area contributed by atoms with Gasteiger partial charge in [0.05, 0.1) is 12.2 Å². The molecule has 0 unspecified atom stereocenters. The zero-order chi connectivity index (χ0) is 17.8. The lowest BCUT2D eigenvalue weighted by Gasteiger charge is -2.23. The lowest BCUT2D eigenvalue weighted by Crippen LogP contribution is -2.40. The minimum Gasteiger partial charge on any atom is -0.491 e. The summed E-state index contributed by atoms with van der Waals surface area (Å²) in [5.74, 6) is 2.03. The van der Waals surface area contributed by atoms with Crippen LogP contribution in [0.2, 0.25) is 0 Å². The third-order valence-corrected chi connectivity index (χ3v) is 4.33. The Labute approximate surface area is 147 Å². The summed E-state index contributed by atoms with van der Waals surface area (Å²) in [6.07, 6.45) is 3.25. The number of hydrogen-bond acceptors (Lipinski definition) is 6. The van der Waals surface area contributed by atoms with Crippen LogP contribution in [0.25, 0.3) is 0 Å². The molecular weight excluding hydrogens is 322 g/mol. The molecular formula is C18H25N3O4. The standard InChI is InChI=1S/C18H25N3O4/c1-12-7-20-21(9-12)14(3)13(2)19-8-15(22)10-23-16-4-5-17-18(6-16)25-11-24-17/h4-7,9,13-15,19,22H,8,10-11H2,1-3H3/t13-,14+,15-/m0/s1. The largest absolute Gasteiger partial charge is 0.491 e. The van der Waals surface area contributed by atoms with E-state index in [1.165, 1.54) is 0 Å². The smallest absolute Gasteiger partial charge is 0.231 e. The average molecular weight is 347 g/mol. The molecule has 0 aliphatic carbocycles. The Hall–Kier alpha value is -2.25. The number of fused-ring (bicyclic) bond motifs is 1. The quantitative estimate of drug-likeness (QED) is 0.759. The van der Waals surface area contributed by atoms with Crippen LogP contribution in [-0.2, 0) is 0 Å². The van der Waals surface area contributed by atoms with Crippen LogP contribution in [0.3, 0.4) is 0 Å². The number of benzene rings is 1. The first-order valence-corrected chi connectivity index (χ1v) is 8.47. The van der Waals surface area contributed by atoms with Crippen molar-refractivity contribution in [2.24, 2.45) is 0 Å². The fourth-order valence-corrected chi connectivity index (χ4v) is 2.60. The van der Waals surface area contributed by atoms with Crippen LogP contribution in [0.1, 0.15) is 25.5 Å². The van der Waals surface area contributed by atoms with Crippen molar-refractivity contribution in [1.82, 2.24) is 15.1 Å². The average Bonchev–Trinajstić information content (AvgIpc) is 3.25. The van der Waals surface area contributed by atoms with E-state index in [9.17, 15) is 5.11 Å². The number of hydrogen-bond donors (Lipinski definition) is 2. The van der Waals surface area contributed by atoms with Gasteiger partial charge in [-0.05, 0) is 38.5 Å². The molecule has 0 bridgehead atoms. The van der Waals surface area contributed by atoms with Crippen LogP contribution in [-0.4, -0.2) is 47.0 Å². The van der Waals surface area contributed by atoms with Crippen LogP contribution < -0.4 is 19.5 Å². The van der Waals surface area contributed by atoms with Crippen LogP contribution >= 0.6 is 0 Å². The van der Waals surface area contributed by atoms with E-state index in [1.54, 1.807) is 18.2 Å². The second kappa shape index (κ2) is 7.76. The Morgan fingerprint density at radius 3 is 2.88 bits per heavy atom. The van der Waals surface area contributed by atoms with Crippen molar-refractivity contribution in [2.45, 2.75) is 39.0 Å². The lowest BCUT2D eigenvalue weighted by atomic mass is 10.1. The van der Waals surface area contributed by atoms with Crippen molar-refractivity contribution in [3.63, 3.8) is 0 Å². The predicted octanol–water partition coefficient (Wildman–Crippen LogP) is 1.90. The van der Waals surface area contributed by atoms with Crippen molar-refractivity contribution in [3.8, 4) is 17.2 Å². The third-order valence-electron chi connectivity index (χ3n) is 4.33. The number of nitrogens with zero attached hydrogens (tertiary/aromatic N) is 2. The normalized spacial score (nSPS) is 16.5. The van der Waals surface area contributed by atoms with E-state index in [1.807, 2.05) is 24.0 Å². The number of aliphatic hydroxyl groups is 1. The van der Waals surface area contributed by atoms with Gasteiger partial charge in [0, 0.05) is 24.8 Å². The highest BCUT2D eigenvalue weighted by Crippen LogP contribution is 2.35. The van der Waals surface area contributed by atoms with E-state index in [4.69, 9.17) is 14.2 Å². The van der Waals surface area contributed by atoms with Crippen molar-refractivity contribution in [2.75, 3.05) is 19.9 Å². The van der Waals surface area contributed by atoms with Gasteiger partial charge in [0.15, 0.2) is 11.5 Å². The molecule has 1 aliphatic rings. The maximum absolute atomic E-state index is 10.1. The number of aryl methyl sites for hydroxylation is 1. The molecule has 3 atom stereocenters. The molecule has 2 aromatic rings. The highest BCUT2D eigenvalue weighted by atomic mass is 16.7. The Morgan fingerprint density at radius 2 is 2.12 bits per heavy atom. The SMILES string of the molecule is Cc1cnn([C@H](C)[C@H](C)NC[C@H](O)COc2ccc3c(c2)OCO3)c1. The second-order valence-corrected chi connectivity index (χ2v) is 6.42. The summed E-state index contributed by atoms with van der Waals surface area (Å²) in [5, 5.41) is 17.8. The van der Waals surface area contributed by atoms with Gasteiger partial charge in [-0.1, -0.05) is 0 Å². The van der Waals surface area contributed by atoms with Crippen molar-refractivity contribution in [3.05, 3.63) is 36.2 Å². The summed E-state index contributed by atoms with van der Waals surface area (Å²) in [6.45, 7) is 7.07. The van der Waals surface area contributed by atoms with Gasteiger partial charge in [0.25, 0.3) is 0 Å². The molecule has 1 aromatic carbocycles. The fraction of sp³-hybridized carbons (Fsp3) is 0.500. The molecule has 3 rings (SSSR count). The van der Waals surface area contributed by atoms with Gasteiger partial charge < -0.3 is 24.6 Å². The number of aromatic nitrogens is 2. The Morgan fingerprint density at radius 1 is 1.32 bits per heavy atom. The molecule has 136 valence electrons. The molecule has 0 fully saturated rings. The van der Waals surface area contributed by atoms with E-state index in [2.05, 4.69) is 24.3 Å². The van der Waals surface area contributed by atoms with Crippen LogP contribution in [0.15, 0.2) is 30.6 Å². The van der Waals surface area contributed by atoms with Gasteiger partial charge in [-0.2, -0.15) is 5.10 Å². The van der Waals surface area contributed by atoms with Gasteiger partial charge in [-0.3, -0.25) is 4.68 Å². The number of ether oxygens (including phenoxy) is 3. The summed E-state index contributed by atoms with van der Waals surface area (Å²) >= 11 is 0. The van der Waals surface area contributed by atoms with Gasteiger partial charge in [0.1, 0.15) is 18.5 Å². The van der Waals surface area contributed by atoms with Crippen LogP contribution in [0.5, 0.6) is 17.2 Å². The van der Waals surface area contributed by atoms with Crippen LogP contribution in [0.4, 0.5) is 0 Å². The molecule has 2 N–H and O–H groups in total. The summed E-state index contributed by atoms with van der Waals surface area (Å²) in [5.41, 5.74) is 1.14. The topological polar surface area (TPSA) is 77.8 Å². The first kappa shape index (κ1) is 17.6. The van der Waals surface area contributed by atoms with E-state index >= 15 is 0 Å². The molecule has 2 heterocycles. The van der Waals surface area contributed by atoms with Crippen molar-refractivity contribution >= 4 is 0 Å². The molecule has 1 aromatic heterocycles. The molecule has 0 saturated heterocycles. The highest BCUT2D eigenvalue weighted by molar-refractivity contribution is 5.46. The number of aliphatic hydroxyl groups excluding tert-OH is 1. The Balaban J connectivity index is 1.42. The zero-order valence-electron chi connectivity index (χ0n) is 14.8. The fourth-order valence-electron chi connectivity index (χ4n) is 2.60. The predicted molar refractivity (Wildman–Crippen MR) is 93.2 cm³/mol. The summed E-state index contributed by atoms with van der Waals surface area (Å²) in [4.78, 5) is 0. The molecule has 0 saturated carbocycles. The maximum atomic E-state index is 10.1. The molecule has 7 nitrogen and oxygen atoms in total. The monoisotopic (exact) mass is 347 g/mol. The van der Waals surface area contributed by atoms with Gasteiger partial charge >= 0.3 is 0 Å². The molecule has 7 heteroatoms.